The van der Waals surface area contributed by atoms with Crippen molar-refractivity contribution in [2.24, 2.45) is 0 Å². The highest BCUT2D eigenvalue weighted by Crippen LogP contribution is 2.53. The van der Waals surface area contributed by atoms with Gasteiger partial charge in [0.25, 0.3) is 0 Å². The second-order valence-electron chi connectivity index (χ2n) is 11.9. The van der Waals surface area contributed by atoms with Crippen LogP contribution in [0.4, 0.5) is 17.1 Å². The smallest absolute Gasteiger partial charge is 0.227 e. The van der Waals surface area contributed by atoms with E-state index < -0.39 is 0 Å². The highest BCUT2D eigenvalue weighted by molar-refractivity contribution is 6.19. The zero-order chi connectivity index (χ0) is 30.9. The lowest BCUT2D eigenvalue weighted by Crippen LogP contribution is -2.11. The molecule has 0 atom stereocenters. The van der Waals surface area contributed by atoms with Gasteiger partial charge < -0.3 is 13.7 Å². The van der Waals surface area contributed by atoms with Crippen molar-refractivity contribution >= 4 is 49.8 Å². The summed E-state index contributed by atoms with van der Waals surface area (Å²) in [5.74, 6) is 1.46. The minimum absolute atomic E-state index is 0.639. The zero-order valence-electron chi connectivity index (χ0n) is 25.2. The maximum Gasteiger partial charge on any atom is 0.227 e. The van der Waals surface area contributed by atoms with E-state index in [2.05, 4.69) is 120 Å². The Morgan fingerprint density at radius 2 is 1.15 bits per heavy atom. The van der Waals surface area contributed by atoms with Crippen molar-refractivity contribution in [2.45, 2.75) is 0 Å². The molecule has 9 aromatic rings. The molecule has 4 heteroatoms. The molecule has 0 bridgehead atoms. The molecule has 1 aliphatic carbocycles. The highest BCUT2D eigenvalue weighted by atomic mass is 16.4. The number of benzene rings is 7. The molecular weight excluding hydrogens is 576 g/mol. The summed E-state index contributed by atoms with van der Waals surface area (Å²) in [5.41, 5.74) is 11.3. The fourth-order valence-electron chi connectivity index (χ4n) is 7.17. The van der Waals surface area contributed by atoms with E-state index >= 15 is 0 Å². The minimum Gasteiger partial charge on any atom is -0.456 e. The summed E-state index contributed by atoms with van der Waals surface area (Å²) in [5, 5.41) is 4.45. The summed E-state index contributed by atoms with van der Waals surface area (Å²) >= 11 is 0. The lowest BCUT2D eigenvalue weighted by Gasteiger charge is -2.28. The first-order valence-corrected chi connectivity index (χ1v) is 15.8. The maximum absolute atomic E-state index is 6.48. The number of hydrogen-bond donors (Lipinski definition) is 0. The van der Waals surface area contributed by atoms with Crippen molar-refractivity contribution in [3.8, 4) is 45.2 Å². The molecule has 1 aliphatic rings. The lowest BCUT2D eigenvalue weighted by molar-refractivity contribution is 0.590. The zero-order valence-corrected chi connectivity index (χ0v) is 25.2. The van der Waals surface area contributed by atoms with Gasteiger partial charge in [0, 0.05) is 38.5 Å². The second-order valence-corrected chi connectivity index (χ2v) is 11.9. The van der Waals surface area contributed by atoms with Crippen LogP contribution in [0, 0.1) is 0 Å². The van der Waals surface area contributed by atoms with Crippen LogP contribution in [0.25, 0.3) is 77.9 Å². The molecule has 0 amide bonds. The van der Waals surface area contributed by atoms with Crippen LogP contribution in [-0.2, 0) is 0 Å². The van der Waals surface area contributed by atoms with Gasteiger partial charge in [-0.1, -0.05) is 103 Å². The molecule has 0 unspecified atom stereocenters. The van der Waals surface area contributed by atoms with E-state index in [1.807, 2.05) is 42.5 Å². The SMILES string of the molecule is c1ccc(-c2cccc(N(c3ccc4c5c(cccc35)-c3oc(-c5ccccc5)nc3-4)c3cccc4oc5ccccc5c34)c2)cc1. The van der Waals surface area contributed by atoms with Crippen molar-refractivity contribution in [3.05, 3.63) is 158 Å². The standard InChI is InChI=1S/C43H26N2O2/c1-3-12-27(13-4-1)29-16-9-17-30(26-29)45(36-21-11-23-38-40(36)32-18-7-8-22-37(32)46-38)35-25-24-33-39-31(35)19-10-20-34(39)42-41(33)44-43(47-42)28-14-5-2-6-15-28/h1-26H. The molecule has 0 saturated carbocycles. The Morgan fingerprint density at radius 3 is 2.02 bits per heavy atom. The topological polar surface area (TPSA) is 42.4 Å². The summed E-state index contributed by atoms with van der Waals surface area (Å²) in [6.07, 6.45) is 0. The van der Waals surface area contributed by atoms with E-state index in [1.165, 1.54) is 5.56 Å². The number of hydrogen-bond acceptors (Lipinski definition) is 4. The molecular formula is C43H26N2O2. The Kier molecular flexibility index (Phi) is 5.54. The Morgan fingerprint density at radius 1 is 0.447 bits per heavy atom. The van der Waals surface area contributed by atoms with Crippen LogP contribution < -0.4 is 4.90 Å². The van der Waals surface area contributed by atoms with Gasteiger partial charge in [-0.2, -0.15) is 0 Å². The molecule has 10 rings (SSSR count). The molecule has 4 nitrogen and oxygen atoms in total. The molecule has 0 N–H and O–H groups in total. The summed E-state index contributed by atoms with van der Waals surface area (Å²) in [7, 11) is 0. The van der Waals surface area contributed by atoms with Crippen molar-refractivity contribution < 1.29 is 8.83 Å². The predicted molar refractivity (Wildman–Crippen MR) is 191 cm³/mol. The monoisotopic (exact) mass is 602 g/mol. The van der Waals surface area contributed by atoms with Crippen LogP contribution in [0.1, 0.15) is 0 Å². The number of aromatic nitrogens is 1. The van der Waals surface area contributed by atoms with Gasteiger partial charge in [0.1, 0.15) is 16.9 Å². The third-order valence-corrected chi connectivity index (χ3v) is 9.24. The van der Waals surface area contributed by atoms with Gasteiger partial charge in [-0.15, -0.1) is 0 Å². The molecule has 47 heavy (non-hydrogen) atoms. The number of fused-ring (bicyclic) bond motifs is 6. The summed E-state index contributed by atoms with van der Waals surface area (Å²) in [4.78, 5) is 7.39. The van der Waals surface area contributed by atoms with E-state index in [-0.39, 0.29) is 0 Å². The van der Waals surface area contributed by atoms with E-state index in [4.69, 9.17) is 13.8 Å². The van der Waals surface area contributed by atoms with Crippen LogP contribution in [0.2, 0.25) is 0 Å². The van der Waals surface area contributed by atoms with Gasteiger partial charge in [-0.25, -0.2) is 4.98 Å². The van der Waals surface area contributed by atoms with E-state index in [9.17, 15) is 0 Å². The predicted octanol–water partition coefficient (Wildman–Crippen LogP) is 12.2. The Bertz CT molecular complexity index is 2610. The molecule has 0 aliphatic heterocycles. The number of nitrogens with zero attached hydrogens (tertiary/aromatic N) is 2. The second kappa shape index (κ2) is 10.1. The van der Waals surface area contributed by atoms with Crippen LogP contribution in [0.5, 0.6) is 0 Å². The van der Waals surface area contributed by atoms with Crippen LogP contribution in [0.3, 0.4) is 0 Å². The normalized spacial score (nSPS) is 11.8. The highest BCUT2D eigenvalue weighted by Gasteiger charge is 2.30. The first-order valence-electron chi connectivity index (χ1n) is 15.8. The molecule has 0 radical (unpaired) electrons. The quantitative estimate of drug-likeness (QED) is 0.197. The van der Waals surface area contributed by atoms with Crippen molar-refractivity contribution in [1.29, 1.82) is 0 Å². The van der Waals surface area contributed by atoms with E-state index in [0.29, 0.717) is 5.89 Å². The maximum atomic E-state index is 6.48. The summed E-state index contributed by atoms with van der Waals surface area (Å²) in [6.45, 7) is 0. The molecule has 0 saturated heterocycles. The average Bonchev–Trinajstić information content (AvgIpc) is 3.83. The minimum atomic E-state index is 0.639. The molecule has 2 heterocycles. The largest absolute Gasteiger partial charge is 0.456 e. The first-order chi connectivity index (χ1) is 23.3. The molecule has 0 fully saturated rings. The van der Waals surface area contributed by atoms with Crippen molar-refractivity contribution in [3.63, 3.8) is 0 Å². The molecule has 7 aromatic carbocycles. The van der Waals surface area contributed by atoms with Gasteiger partial charge >= 0.3 is 0 Å². The summed E-state index contributed by atoms with van der Waals surface area (Å²) < 4.78 is 12.9. The lowest BCUT2D eigenvalue weighted by atomic mass is 9.99. The fourth-order valence-corrected chi connectivity index (χ4v) is 7.17. The summed E-state index contributed by atoms with van der Waals surface area (Å²) in [6, 6.07) is 54.9. The first kappa shape index (κ1) is 25.9. The fraction of sp³-hybridized carbons (Fsp3) is 0. The van der Waals surface area contributed by atoms with Gasteiger partial charge in [0.2, 0.25) is 5.89 Å². The number of furan rings is 1. The average molecular weight is 603 g/mol. The van der Waals surface area contributed by atoms with Gasteiger partial charge in [0.05, 0.1) is 16.8 Å². The molecule has 0 spiro atoms. The van der Waals surface area contributed by atoms with E-state index in [0.717, 1.165) is 83.5 Å². The van der Waals surface area contributed by atoms with Crippen molar-refractivity contribution in [1.82, 2.24) is 4.98 Å². The van der Waals surface area contributed by atoms with E-state index in [1.54, 1.807) is 0 Å². The third kappa shape index (κ3) is 3.92. The third-order valence-electron chi connectivity index (χ3n) is 9.24. The molecule has 220 valence electrons. The van der Waals surface area contributed by atoms with Gasteiger partial charge in [-0.3, -0.25) is 0 Å². The Balaban J connectivity index is 1.23. The van der Waals surface area contributed by atoms with Gasteiger partial charge in [-0.05, 0) is 65.7 Å². The van der Waals surface area contributed by atoms with Crippen molar-refractivity contribution in [2.75, 3.05) is 4.90 Å². The Labute approximate surface area is 270 Å². The number of rotatable bonds is 5. The number of oxazole rings is 1. The Hall–Kier alpha value is -6.39. The number of para-hydroxylation sites is 1. The van der Waals surface area contributed by atoms with Crippen LogP contribution >= 0.6 is 0 Å². The van der Waals surface area contributed by atoms with Crippen LogP contribution in [0.15, 0.2) is 167 Å². The molecule has 2 aromatic heterocycles. The number of anilines is 3. The van der Waals surface area contributed by atoms with Crippen LogP contribution in [-0.4, -0.2) is 4.98 Å². The van der Waals surface area contributed by atoms with Gasteiger partial charge in [0.15, 0.2) is 5.76 Å².